The van der Waals surface area contributed by atoms with Crippen molar-refractivity contribution in [2.75, 3.05) is 18.5 Å². The van der Waals surface area contributed by atoms with Gasteiger partial charge in [0.05, 0.1) is 13.2 Å². The molecule has 0 saturated heterocycles. The summed E-state index contributed by atoms with van der Waals surface area (Å²) in [6.45, 7) is 0.945. The van der Waals surface area contributed by atoms with Crippen LogP contribution in [0.5, 0.6) is 5.75 Å². The van der Waals surface area contributed by atoms with Crippen LogP contribution < -0.4 is 21.3 Å². The number of aliphatic hydroxyl groups excluding tert-OH is 1. The molecule has 2 N–H and O–H groups in total. The van der Waals surface area contributed by atoms with Gasteiger partial charge in [-0.15, -0.1) is 0 Å². The van der Waals surface area contributed by atoms with Crippen LogP contribution in [0, 0.1) is 0 Å². The molecule has 0 bridgehead atoms. The van der Waals surface area contributed by atoms with Crippen LogP contribution >= 0.6 is 0 Å². The monoisotopic (exact) mass is 435 g/mol. The molecule has 2 heterocycles. The first-order valence-corrected chi connectivity index (χ1v) is 10.3. The first kappa shape index (κ1) is 21.4. The lowest BCUT2D eigenvalue weighted by Gasteiger charge is -2.12. The second kappa shape index (κ2) is 9.11. The molecule has 32 heavy (non-hydrogen) atoms. The number of aliphatic hydroxyl groups is 1. The highest BCUT2D eigenvalue weighted by atomic mass is 16.5. The fourth-order valence-electron chi connectivity index (χ4n) is 3.59. The van der Waals surface area contributed by atoms with E-state index in [9.17, 15) is 14.7 Å². The first-order chi connectivity index (χ1) is 15.5. The number of hydrogen-bond donors (Lipinski definition) is 2. The fourth-order valence-corrected chi connectivity index (χ4v) is 3.59. The van der Waals surface area contributed by atoms with E-state index in [0.29, 0.717) is 30.3 Å². The molecule has 2 aromatic heterocycles. The highest BCUT2D eigenvalue weighted by Crippen LogP contribution is 2.19. The molecule has 0 unspecified atom stereocenters. The molecule has 0 saturated carbocycles. The average molecular weight is 435 g/mol. The lowest BCUT2D eigenvalue weighted by atomic mass is 10.1. The molecule has 0 aliphatic rings. The van der Waals surface area contributed by atoms with Gasteiger partial charge in [-0.1, -0.05) is 42.5 Å². The van der Waals surface area contributed by atoms with Gasteiger partial charge in [-0.05, 0) is 23.3 Å². The number of hydrogen-bond acceptors (Lipinski definition) is 6. The second-order valence-electron chi connectivity index (χ2n) is 7.47. The standard InChI is InChI=1S/C23H25N5O4/c1-26-20-19(21(30)27(2)23(26)31)28(22(25-20)24-11-12-29)14-16-7-6-8-17(13-16)15-32-18-9-4-3-5-10-18/h3-10,13,29H,11-12,14-15H2,1-2H3,(H,24,25). The summed E-state index contributed by atoms with van der Waals surface area (Å²) in [7, 11) is 3.03. The molecule has 9 nitrogen and oxygen atoms in total. The van der Waals surface area contributed by atoms with Gasteiger partial charge in [0.25, 0.3) is 5.56 Å². The van der Waals surface area contributed by atoms with Gasteiger partial charge in [0.2, 0.25) is 5.95 Å². The van der Waals surface area contributed by atoms with E-state index >= 15 is 0 Å². The van der Waals surface area contributed by atoms with Gasteiger partial charge < -0.3 is 15.2 Å². The first-order valence-electron chi connectivity index (χ1n) is 10.3. The molecule has 0 atom stereocenters. The molecule has 0 aliphatic heterocycles. The van der Waals surface area contributed by atoms with Crippen molar-refractivity contribution in [1.29, 1.82) is 0 Å². The third-order valence-electron chi connectivity index (χ3n) is 5.22. The van der Waals surface area contributed by atoms with Gasteiger partial charge in [0, 0.05) is 20.6 Å². The molecular formula is C23H25N5O4. The minimum Gasteiger partial charge on any atom is -0.489 e. The summed E-state index contributed by atoms with van der Waals surface area (Å²) < 4.78 is 10.0. The maximum absolute atomic E-state index is 12.9. The average Bonchev–Trinajstić information content (AvgIpc) is 3.17. The van der Waals surface area contributed by atoms with Crippen LogP contribution in [0.3, 0.4) is 0 Å². The lowest BCUT2D eigenvalue weighted by molar-refractivity contribution is 0.306. The summed E-state index contributed by atoms with van der Waals surface area (Å²) in [4.78, 5) is 29.7. The van der Waals surface area contributed by atoms with Crippen LogP contribution in [-0.2, 0) is 27.2 Å². The summed E-state index contributed by atoms with van der Waals surface area (Å²) in [5.41, 5.74) is 1.68. The van der Waals surface area contributed by atoms with E-state index in [4.69, 9.17) is 4.74 Å². The largest absolute Gasteiger partial charge is 0.489 e. The van der Waals surface area contributed by atoms with Crippen LogP contribution in [0.1, 0.15) is 11.1 Å². The number of anilines is 1. The number of nitrogens with zero attached hydrogens (tertiary/aromatic N) is 4. The summed E-state index contributed by atoms with van der Waals surface area (Å²) in [6.07, 6.45) is 0. The molecule has 4 aromatic rings. The predicted molar refractivity (Wildman–Crippen MR) is 122 cm³/mol. The zero-order valence-electron chi connectivity index (χ0n) is 18.0. The Morgan fingerprint density at radius 1 is 1.00 bits per heavy atom. The summed E-state index contributed by atoms with van der Waals surface area (Å²) in [5.74, 6) is 1.21. The highest BCUT2D eigenvalue weighted by Gasteiger charge is 2.19. The minimum absolute atomic E-state index is 0.0908. The SMILES string of the molecule is Cn1c(=O)c2c(nc(NCCO)n2Cc2cccc(COc3ccccc3)c2)n(C)c1=O. The molecule has 0 spiro atoms. The minimum atomic E-state index is -0.444. The Morgan fingerprint density at radius 2 is 1.75 bits per heavy atom. The van der Waals surface area contributed by atoms with Crippen molar-refractivity contribution in [3.63, 3.8) is 0 Å². The Bertz CT molecular complexity index is 1350. The van der Waals surface area contributed by atoms with E-state index in [0.717, 1.165) is 21.4 Å². The molecule has 0 radical (unpaired) electrons. The molecular weight excluding hydrogens is 410 g/mol. The van der Waals surface area contributed by atoms with Gasteiger partial charge in [-0.25, -0.2) is 4.79 Å². The van der Waals surface area contributed by atoms with E-state index < -0.39 is 11.2 Å². The number of imidazole rings is 1. The van der Waals surface area contributed by atoms with Crippen molar-refractivity contribution in [2.24, 2.45) is 14.1 Å². The maximum Gasteiger partial charge on any atom is 0.332 e. The van der Waals surface area contributed by atoms with Crippen molar-refractivity contribution >= 4 is 17.1 Å². The van der Waals surface area contributed by atoms with Crippen molar-refractivity contribution in [3.05, 3.63) is 86.6 Å². The van der Waals surface area contributed by atoms with Crippen LogP contribution in [0.15, 0.2) is 64.2 Å². The van der Waals surface area contributed by atoms with Crippen molar-refractivity contribution in [2.45, 2.75) is 13.2 Å². The molecule has 0 fully saturated rings. The molecule has 2 aromatic carbocycles. The Balaban J connectivity index is 1.70. The van der Waals surface area contributed by atoms with Crippen molar-refractivity contribution in [1.82, 2.24) is 18.7 Å². The topological polar surface area (TPSA) is 103 Å². The number of rotatable bonds is 8. The summed E-state index contributed by atoms with van der Waals surface area (Å²) >= 11 is 0. The number of ether oxygens (including phenoxy) is 1. The summed E-state index contributed by atoms with van der Waals surface area (Å²) in [5, 5.41) is 12.3. The fraction of sp³-hybridized carbons (Fsp3) is 0.261. The highest BCUT2D eigenvalue weighted by molar-refractivity contribution is 5.74. The number of benzene rings is 2. The molecule has 4 rings (SSSR count). The number of nitrogens with one attached hydrogen (secondary N) is 1. The molecule has 0 amide bonds. The number of para-hydroxylation sites is 1. The number of aromatic nitrogens is 4. The molecule has 0 aliphatic carbocycles. The van der Waals surface area contributed by atoms with Crippen LogP contribution in [0.2, 0.25) is 0 Å². The third-order valence-corrected chi connectivity index (χ3v) is 5.22. The maximum atomic E-state index is 12.9. The van der Waals surface area contributed by atoms with Crippen LogP contribution in [0.4, 0.5) is 5.95 Å². The zero-order valence-corrected chi connectivity index (χ0v) is 18.0. The number of aryl methyl sites for hydroxylation is 1. The Kier molecular flexibility index (Phi) is 6.09. The normalized spacial score (nSPS) is 11.1. The Labute approximate surface area is 184 Å². The third kappa shape index (κ3) is 4.15. The van der Waals surface area contributed by atoms with Crippen LogP contribution in [-0.4, -0.2) is 36.9 Å². The van der Waals surface area contributed by atoms with E-state index in [1.165, 1.54) is 11.6 Å². The van der Waals surface area contributed by atoms with E-state index in [1.54, 1.807) is 11.6 Å². The molecule has 166 valence electrons. The predicted octanol–water partition coefficient (Wildman–Crippen LogP) is 1.47. The van der Waals surface area contributed by atoms with Crippen LogP contribution in [0.25, 0.3) is 11.2 Å². The van der Waals surface area contributed by atoms with Gasteiger partial charge in [-0.2, -0.15) is 4.98 Å². The second-order valence-corrected chi connectivity index (χ2v) is 7.47. The smallest absolute Gasteiger partial charge is 0.332 e. The quantitative estimate of drug-likeness (QED) is 0.434. The van der Waals surface area contributed by atoms with Gasteiger partial charge in [-0.3, -0.25) is 18.5 Å². The van der Waals surface area contributed by atoms with E-state index in [1.807, 2.05) is 54.6 Å². The Hall–Kier alpha value is -3.85. The van der Waals surface area contributed by atoms with Crippen molar-refractivity contribution < 1.29 is 9.84 Å². The lowest BCUT2D eigenvalue weighted by Crippen LogP contribution is -2.37. The van der Waals surface area contributed by atoms with E-state index in [-0.39, 0.29) is 13.2 Å². The number of fused-ring (bicyclic) bond motifs is 1. The molecule has 9 heteroatoms. The van der Waals surface area contributed by atoms with Gasteiger partial charge >= 0.3 is 5.69 Å². The van der Waals surface area contributed by atoms with Crippen molar-refractivity contribution in [3.8, 4) is 5.75 Å². The van der Waals surface area contributed by atoms with Gasteiger partial charge in [0.1, 0.15) is 12.4 Å². The zero-order chi connectivity index (χ0) is 22.7. The Morgan fingerprint density at radius 3 is 2.50 bits per heavy atom. The summed E-state index contributed by atoms with van der Waals surface area (Å²) in [6, 6.07) is 17.5. The van der Waals surface area contributed by atoms with E-state index in [2.05, 4.69) is 10.3 Å². The van der Waals surface area contributed by atoms with Gasteiger partial charge in [0.15, 0.2) is 11.2 Å².